The summed E-state index contributed by atoms with van der Waals surface area (Å²) in [6, 6.07) is 12.5. The highest BCUT2D eigenvalue weighted by Crippen LogP contribution is 2.18. The van der Waals surface area contributed by atoms with E-state index < -0.39 is 17.1 Å². The standard InChI is InChI=1S/C16H24O4Si2/c1-17-21(5,18-2)15-12-11-13-9-7-8-10-14(13)16(15)22(6,19-3)20-4/h7-12H,1-6H3. The zero-order valence-corrected chi connectivity index (χ0v) is 16.1. The van der Waals surface area contributed by atoms with Gasteiger partial charge in [0, 0.05) is 33.6 Å². The van der Waals surface area contributed by atoms with Crippen molar-refractivity contribution in [1.29, 1.82) is 0 Å². The molecule has 0 bridgehead atoms. The second-order valence-electron chi connectivity index (χ2n) is 5.42. The normalized spacial score (nSPS) is 12.8. The summed E-state index contributed by atoms with van der Waals surface area (Å²) in [4.78, 5) is 0. The van der Waals surface area contributed by atoms with E-state index >= 15 is 0 Å². The van der Waals surface area contributed by atoms with Gasteiger partial charge in [0.05, 0.1) is 0 Å². The first kappa shape index (κ1) is 17.3. The molecular formula is C16H24O4Si2. The van der Waals surface area contributed by atoms with Crippen LogP contribution < -0.4 is 10.4 Å². The molecule has 0 N–H and O–H groups in total. The molecule has 2 aromatic carbocycles. The molecule has 2 aromatic rings. The summed E-state index contributed by atoms with van der Waals surface area (Å²) >= 11 is 0. The molecule has 0 fully saturated rings. The topological polar surface area (TPSA) is 36.9 Å². The summed E-state index contributed by atoms with van der Waals surface area (Å²) in [5.41, 5.74) is 0. The van der Waals surface area contributed by atoms with Gasteiger partial charge in [-0.3, -0.25) is 0 Å². The van der Waals surface area contributed by atoms with Gasteiger partial charge in [0.15, 0.2) is 0 Å². The number of hydrogen-bond acceptors (Lipinski definition) is 4. The zero-order valence-electron chi connectivity index (χ0n) is 14.1. The minimum atomic E-state index is -2.55. The van der Waals surface area contributed by atoms with Gasteiger partial charge in [0.25, 0.3) is 0 Å². The highest BCUT2D eigenvalue weighted by molar-refractivity contribution is 6.92. The summed E-state index contributed by atoms with van der Waals surface area (Å²) in [7, 11) is 1.77. The number of benzene rings is 2. The number of fused-ring (bicyclic) bond motifs is 1. The molecule has 0 aliphatic rings. The van der Waals surface area contributed by atoms with Crippen molar-refractivity contribution in [2.45, 2.75) is 13.1 Å². The van der Waals surface area contributed by atoms with Crippen LogP contribution in [0.25, 0.3) is 10.8 Å². The van der Waals surface area contributed by atoms with Crippen molar-refractivity contribution in [2.24, 2.45) is 0 Å². The largest absolute Gasteiger partial charge is 0.394 e. The maximum Gasteiger partial charge on any atom is 0.369 e. The van der Waals surface area contributed by atoms with Crippen molar-refractivity contribution in [1.82, 2.24) is 0 Å². The van der Waals surface area contributed by atoms with Gasteiger partial charge in [-0.2, -0.15) is 0 Å². The highest BCUT2D eigenvalue weighted by atomic mass is 28.4. The molecule has 0 aromatic heterocycles. The number of hydrogen-bond donors (Lipinski definition) is 0. The molecule has 0 heterocycles. The molecule has 2 rings (SSSR count). The average molecular weight is 337 g/mol. The second kappa shape index (κ2) is 6.61. The molecule has 0 saturated heterocycles. The SMILES string of the molecule is CO[Si](C)(OC)c1ccc2ccccc2c1[Si](C)(OC)OC. The molecule has 0 saturated carbocycles. The van der Waals surface area contributed by atoms with E-state index in [0.717, 1.165) is 21.1 Å². The van der Waals surface area contributed by atoms with Crippen LogP contribution in [-0.2, 0) is 17.7 Å². The van der Waals surface area contributed by atoms with E-state index in [-0.39, 0.29) is 0 Å². The Morgan fingerprint density at radius 1 is 0.682 bits per heavy atom. The lowest BCUT2D eigenvalue weighted by atomic mass is 10.1. The third-order valence-electron chi connectivity index (χ3n) is 4.43. The predicted molar refractivity (Wildman–Crippen MR) is 94.5 cm³/mol. The van der Waals surface area contributed by atoms with Gasteiger partial charge >= 0.3 is 17.1 Å². The molecule has 0 amide bonds. The van der Waals surface area contributed by atoms with E-state index in [1.54, 1.807) is 28.4 Å². The first-order valence-corrected chi connectivity index (χ1v) is 11.8. The van der Waals surface area contributed by atoms with Gasteiger partial charge in [-0.1, -0.05) is 36.4 Å². The fourth-order valence-corrected chi connectivity index (χ4v) is 7.54. The van der Waals surface area contributed by atoms with Crippen LogP contribution in [0.2, 0.25) is 13.1 Å². The molecular weight excluding hydrogens is 312 g/mol. The van der Waals surface area contributed by atoms with E-state index in [0.29, 0.717) is 0 Å². The second-order valence-corrected chi connectivity index (χ2v) is 11.9. The van der Waals surface area contributed by atoms with Gasteiger partial charge in [0.2, 0.25) is 0 Å². The molecule has 22 heavy (non-hydrogen) atoms. The monoisotopic (exact) mass is 336 g/mol. The van der Waals surface area contributed by atoms with E-state index in [2.05, 4.69) is 30.8 Å². The lowest BCUT2D eigenvalue weighted by Crippen LogP contribution is -2.64. The van der Waals surface area contributed by atoms with Crippen molar-refractivity contribution in [2.75, 3.05) is 28.4 Å². The third-order valence-corrected chi connectivity index (χ3v) is 10.6. The lowest BCUT2D eigenvalue weighted by Gasteiger charge is -2.32. The van der Waals surface area contributed by atoms with Crippen LogP contribution in [-0.4, -0.2) is 45.6 Å². The maximum atomic E-state index is 5.83. The Morgan fingerprint density at radius 3 is 1.77 bits per heavy atom. The molecule has 0 aliphatic heterocycles. The Hall–Kier alpha value is -1.03. The minimum Gasteiger partial charge on any atom is -0.394 e. The lowest BCUT2D eigenvalue weighted by molar-refractivity contribution is 0.261. The van der Waals surface area contributed by atoms with Crippen molar-refractivity contribution in [3.05, 3.63) is 36.4 Å². The van der Waals surface area contributed by atoms with Crippen molar-refractivity contribution in [3.8, 4) is 0 Å². The van der Waals surface area contributed by atoms with E-state index in [1.807, 2.05) is 18.7 Å². The Balaban J connectivity index is 2.88. The van der Waals surface area contributed by atoms with Crippen LogP contribution in [0.1, 0.15) is 0 Å². The van der Waals surface area contributed by atoms with Crippen LogP contribution in [0.5, 0.6) is 0 Å². The summed E-state index contributed by atoms with van der Waals surface area (Å²) in [6.07, 6.45) is 0. The predicted octanol–water partition coefficient (Wildman–Crippen LogP) is 1.98. The van der Waals surface area contributed by atoms with E-state index in [9.17, 15) is 0 Å². The molecule has 6 heteroatoms. The molecule has 0 spiro atoms. The van der Waals surface area contributed by atoms with Gasteiger partial charge < -0.3 is 17.7 Å². The quantitative estimate of drug-likeness (QED) is 0.756. The summed E-state index contributed by atoms with van der Waals surface area (Å²) in [5.74, 6) is 0. The molecule has 120 valence electrons. The molecule has 0 atom stereocenters. The minimum absolute atomic E-state index is 1.08. The Morgan fingerprint density at radius 2 is 1.23 bits per heavy atom. The highest BCUT2D eigenvalue weighted by Gasteiger charge is 2.43. The van der Waals surface area contributed by atoms with Gasteiger partial charge in [0.1, 0.15) is 0 Å². The first-order chi connectivity index (χ1) is 10.5. The zero-order chi connectivity index (χ0) is 16.4. The molecule has 0 radical (unpaired) electrons. The fourth-order valence-electron chi connectivity index (χ4n) is 2.73. The summed E-state index contributed by atoms with van der Waals surface area (Å²) in [5, 5.41) is 4.49. The molecule has 0 aliphatic carbocycles. The Kier molecular flexibility index (Phi) is 5.21. The first-order valence-electron chi connectivity index (χ1n) is 7.19. The van der Waals surface area contributed by atoms with E-state index in [1.165, 1.54) is 0 Å². The van der Waals surface area contributed by atoms with Crippen LogP contribution in [0.15, 0.2) is 36.4 Å². The van der Waals surface area contributed by atoms with Gasteiger partial charge in [-0.05, 0) is 29.1 Å². The van der Waals surface area contributed by atoms with Crippen LogP contribution in [0.4, 0.5) is 0 Å². The van der Waals surface area contributed by atoms with Crippen molar-refractivity contribution >= 4 is 38.3 Å². The maximum absolute atomic E-state index is 5.83. The Bertz CT molecular complexity index is 652. The van der Waals surface area contributed by atoms with Crippen molar-refractivity contribution < 1.29 is 17.7 Å². The molecule has 4 nitrogen and oxygen atoms in total. The van der Waals surface area contributed by atoms with Crippen LogP contribution >= 0.6 is 0 Å². The third kappa shape index (κ3) is 2.78. The van der Waals surface area contributed by atoms with Gasteiger partial charge in [-0.15, -0.1) is 0 Å². The average Bonchev–Trinajstić information content (AvgIpc) is 2.59. The summed E-state index contributed by atoms with van der Waals surface area (Å²) in [6.45, 7) is 4.10. The number of rotatable bonds is 6. The van der Waals surface area contributed by atoms with Gasteiger partial charge in [-0.25, -0.2) is 0 Å². The van der Waals surface area contributed by atoms with Crippen LogP contribution in [0, 0.1) is 0 Å². The van der Waals surface area contributed by atoms with Crippen molar-refractivity contribution in [3.63, 3.8) is 0 Å². The fraction of sp³-hybridized carbons (Fsp3) is 0.375. The smallest absolute Gasteiger partial charge is 0.369 e. The Labute approximate surface area is 134 Å². The van der Waals surface area contributed by atoms with Crippen LogP contribution in [0.3, 0.4) is 0 Å². The summed E-state index contributed by atoms with van der Waals surface area (Å²) < 4.78 is 23.2. The van der Waals surface area contributed by atoms with E-state index in [4.69, 9.17) is 17.7 Å². The molecule has 0 unspecified atom stereocenters.